The average Bonchev–Trinajstić information content (AvgIpc) is 2.67. The molecule has 2 aromatic rings. The van der Waals surface area contributed by atoms with E-state index < -0.39 is 6.10 Å². The maximum atomic E-state index is 12.9. The van der Waals surface area contributed by atoms with Gasteiger partial charge in [0.15, 0.2) is 11.5 Å². The highest BCUT2D eigenvalue weighted by Crippen LogP contribution is 2.37. The van der Waals surface area contributed by atoms with Gasteiger partial charge < -0.3 is 24.2 Å². The SMILES string of the molecule is COc1ccc2c(c1)N(C(=O)Cc1ccc(OC)c(OC)c1)CCC2O. The molecule has 26 heavy (non-hydrogen) atoms. The van der Waals surface area contributed by atoms with E-state index in [1.807, 2.05) is 18.2 Å². The molecule has 1 atom stereocenters. The fraction of sp³-hybridized carbons (Fsp3) is 0.350. The van der Waals surface area contributed by atoms with E-state index in [1.165, 1.54) is 0 Å². The number of benzene rings is 2. The Kier molecular flexibility index (Phi) is 5.32. The molecule has 0 radical (unpaired) electrons. The van der Waals surface area contributed by atoms with Gasteiger partial charge in [-0.05, 0) is 30.2 Å². The maximum Gasteiger partial charge on any atom is 0.231 e. The number of fused-ring (bicyclic) bond motifs is 1. The molecule has 1 N–H and O–H groups in total. The normalized spacial score (nSPS) is 16.0. The number of aliphatic hydroxyl groups excluding tert-OH is 1. The third-order valence-corrected chi connectivity index (χ3v) is 4.62. The Balaban J connectivity index is 1.86. The molecule has 1 heterocycles. The number of amides is 1. The number of aliphatic hydroxyl groups is 1. The minimum absolute atomic E-state index is 0.0429. The number of carbonyl (C=O) groups excluding carboxylic acids is 1. The zero-order valence-corrected chi connectivity index (χ0v) is 15.2. The van der Waals surface area contributed by atoms with Gasteiger partial charge >= 0.3 is 0 Å². The Hall–Kier alpha value is -2.73. The molecule has 1 aliphatic heterocycles. The van der Waals surface area contributed by atoms with Crippen molar-refractivity contribution in [3.05, 3.63) is 47.5 Å². The van der Waals surface area contributed by atoms with Crippen molar-refractivity contribution in [1.82, 2.24) is 0 Å². The molecule has 0 spiro atoms. The van der Waals surface area contributed by atoms with Gasteiger partial charge in [0.2, 0.25) is 5.91 Å². The summed E-state index contributed by atoms with van der Waals surface area (Å²) < 4.78 is 15.8. The number of ether oxygens (including phenoxy) is 3. The summed E-state index contributed by atoms with van der Waals surface area (Å²) in [7, 11) is 4.72. The number of methoxy groups -OCH3 is 3. The quantitative estimate of drug-likeness (QED) is 0.891. The van der Waals surface area contributed by atoms with E-state index in [1.54, 1.807) is 44.4 Å². The summed E-state index contributed by atoms with van der Waals surface area (Å²) in [5.41, 5.74) is 2.29. The van der Waals surface area contributed by atoms with Gasteiger partial charge in [0, 0.05) is 18.2 Å². The van der Waals surface area contributed by atoms with Crippen LogP contribution in [-0.4, -0.2) is 38.9 Å². The minimum atomic E-state index is -0.568. The number of nitrogens with zero attached hydrogens (tertiary/aromatic N) is 1. The van der Waals surface area contributed by atoms with Crippen LogP contribution in [0.3, 0.4) is 0 Å². The number of anilines is 1. The predicted octanol–water partition coefficient (Wildman–Crippen LogP) is 2.73. The zero-order chi connectivity index (χ0) is 18.7. The Labute approximate surface area is 152 Å². The second-order valence-electron chi connectivity index (χ2n) is 6.14. The molecule has 1 unspecified atom stereocenters. The first-order valence-electron chi connectivity index (χ1n) is 8.44. The Bertz CT molecular complexity index is 805. The van der Waals surface area contributed by atoms with Crippen molar-refractivity contribution >= 4 is 11.6 Å². The summed E-state index contributed by atoms with van der Waals surface area (Å²) in [6.45, 7) is 0.466. The molecule has 0 aliphatic carbocycles. The third kappa shape index (κ3) is 3.46. The van der Waals surface area contributed by atoms with E-state index in [0.717, 1.165) is 11.1 Å². The van der Waals surface area contributed by atoms with E-state index in [0.29, 0.717) is 35.9 Å². The Morgan fingerprint density at radius 1 is 1.08 bits per heavy atom. The molecule has 0 fully saturated rings. The van der Waals surface area contributed by atoms with Gasteiger partial charge in [-0.1, -0.05) is 12.1 Å². The van der Waals surface area contributed by atoms with Crippen molar-refractivity contribution in [2.75, 3.05) is 32.8 Å². The van der Waals surface area contributed by atoms with Crippen molar-refractivity contribution in [3.8, 4) is 17.2 Å². The molecule has 0 saturated carbocycles. The molecular formula is C20H23NO5. The standard InChI is InChI=1S/C20H23NO5/c1-24-14-5-6-15-16(12-14)21(9-8-17(15)22)20(23)11-13-4-7-18(25-2)19(10-13)26-3/h4-7,10,12,17,22H,8-9,11H2,1-3H3. The van der Waals surface area contributed by atoms with Crippen LogP contribution in [0.15, 0.2) is 36.4 Å². The van der Waals surface area contributed by atoms with E-state index in [9.17, 15) is 9.90 Å². The van der Waals surface area contributed by atoms with Gasteiger partial charge in [-0.15, -0.1) is 0 Å². The van der Waals surface area contributed by atoms with Crippen LogP contribution < -0.4 is 19.1 Å². The van der Waals surface area contributed by atoms with Crippen LogP contribution in [0.25, 0.3) is 0 Å². The molecular weight excluding hydrogens is 334 g/mol. The topological polar surface area (TPSA) is 68.2 Å². The number of rotatable bonds is 5. The third-order valence-electron chi connectivity index (χ3n) is 4.62. The lowest BCUT2D eigenvalue weighted by molar-refractivity contribution is -0.118. The second-order valence-corrected chi connectivity index (χ2v) is 6.14. The number of carbonyl (C=O) groups is 1. The molecule has 3 rings (SSSR count). The summed E-state index contributed by atoms with van der Waals surface area (Å²) in [4.78, 5) is 14.6. The zero-order valence-electron chi connectivity index (χ0n) is 15.2. The van der Waals surface area contributed by atoms with Crippen LogP contribution in [-0.2, 0) is 11.2 Å². The molecule has 0 bridgehead atoms. The van der Waals surface area contributed by atoms with Crippen molar-refractivity contribution in [2.24, 2.45) is 0 Å². The largest absolute Gasteiger partial charge is 0.497 e. The van der Waals surface area contributed by atoms with Gasteiger partial charge in [0.05, 0.1) is 39.5 Å². The highest BCUT2D eigenvalue weighted by Gasteiger charge is 2.28. The molecule has 0 aromatic heterocycles. The summed E-state index contributed by atoms with van der Waals surface area (Å²) in [6.07, 6.45) is 0.172. The van der Waals surface area contributed by atoms with Crippen LogP contribution in [0, 0.1) is 0 Å². The van der Waals surface area contributed by atoms with Crippen molar-refractivity contribution in [1.29, 1.82) is 0 Å². The summed E-state index contributed by atoms with van der Waals surface area (Å²) in [5, 5.41) is 10.2. The lowest BCUT2D eigenvalue weighted by atomic mass is 9.97. The fourth-order valence-corrected chi connectivity index (χ4v) is 3.21. The van der Waals surface area contributed by atoms with Crippen molar-refractivity contribution in [3.63, 3.8) is 0 Å². The van der Waals surface area contributed by atoms with E-state index >= 15 is 0 Å². The first-order chi connectivity index (χ1) is 12.6. The van der Waals surface area contributed by atoms with Crippen molar-refractivity contribution < 1.29 is 24.1 Å². The summed E-state index contributed by atoms with van der Waals surface area (Å²) >= 11 is 0. The highest BCUT2D eigenvalue weighted by atomic mass is 16.5. The van der Waals surface area contributed by atoms with Crippen molar-refractivity contribution in [2.45, 2.75) is 18.9 Å². The lowest BCUT2D eigenvalue weighted by Crippen LogP contribution is -2.37. The van der Waals surface area contributed by atoms with Crippen LogP contribution in [0.1, 0.15) is 23.7 Å². The van der Waals surface area contributed by atoms with Crippen LogP contribution >= 0.6 is 0 Å². The fourth-order valence-electron chi connectivity index (χ4n) is 3.21. The molecule has 2 aromatic carbocycles. The highest BCUT2D eigenvalue weighted by molar-refractivity contribution is 5.96. The predicted molar refractivity (Wildman–Crippen MR) is 98.2 cm³/mol. The summed E-state index contributed by atoms with van der Waals surface area (Å²) in [6, 6.07) is 10.9. The molecule has 0 saturated heterocycles. The number of hydrogen-bond acceptors (Lipinski definition) is 5. The monoisotopic (exact) mass is 357 g/mol. The Morgan fingerprint density at radius 2 is 1.85 bits per heavy atom. The van der Waals surface area contributed by atoms with Crippen LogP contribution in [0.2, 0.25) is 0 Å². The van der Waals surface area contributed by atoms with Gasteiger partial charge in [-0.2, -0.15) is 0 Å². The summed E-state index contributed by atoms with van der Waals surface area (Å²) in [5.74, 6) is 1.83. The molecule has 1 aliphatic rings. The Morgan fingerprint density at radius 3 is 2.54 bits per heavy atom. The second kappa shape index (κ2) is 7.66. The van der Waals surface area contributed by atoms with Gasteiger partial charge in [-0.3, -0.25) is 4.79 Å². The smallest absolute Gasteiger partial charge is 0.231 e. The minimum Gasteiger partial charge on any atom is -0.497 e. The van der Waals surface area contributed by atoms with E-state index in [4.69, 9.17) is 14.2 Å². The number of hydrogen-bond donors (Lipinski definition) is 1. The van der Waals surface area contributed by atoms with Crippen LogP contribution in [0.4, 0.5) is 5.69 Å². The molecule has 138 valence electrons. The van der Waals surface area contributed by atoms with Crippen LogP contribution in [0.5, 0.6) is 17.2 Å². The lowest BCUT2D eigenvalue weighted by Gasteiger charge is -2.32. The average molecular weight is 357 g/mol. The van der Waals surface area contributed by atoms with E-state index in [2.05, 4.69) is 0 Å². The molecule has 6 nitrogen and oxygen atoms in total. The van der Waals surface area contributed by atoms with E-state index in [-0.39, 0.29) is 12.3 Å². The first-order valence-corrected chi connectivity index (χ1v) is 8.44. The molecule has 1 amide bonds. The van der Waals surface area contributed by atoms with Gasteiger partial charge in [-0.25, -0.2) is 0 Å². The van der Waals surface area contributed by atoms with Gasteiger partial charge in [0.25, 0.3) is 0 Å². The maximum absolute atomic E-state index is 12.9. The molecule has 6 heteroatoms. The van der Waals surface area contributed by atoms with Gasteiger partial charge in [0.1, 0.15) is 5.75 Å². The first kappa shape index (κ1) is 18.1.